The summed E-state index contributed by atoms with van der Waals surface area (Å²) in [6.45, 7) is 0.452. The Morgan fingerprint density at radius 3 is 2.73 bits per heavy atom. The highest BCUT2D eigenvalue weighted by Gasteiger charge is 2.26. The molecular formula is C26H23BrN2O3S. The van der Waals surface area contributed by atoms with Gasteiger partial charge in [0, 0.05) is 26.8 Å². The van der Waals surface area contributed by atoms with Gasteiger partial charge in [-0.25, -0.2) is 0 Å². The second-order valence-corrected chi connectivity index (χ2v) is 10.2. The number of furan rings is 1. The molecule has 5 rings (SSSR count). The summed E-state index contributed by atoms with van der Waals surface area (Å²) in [4.78, 5) is 27.4. The van der Waals surface area contributed by atoms with Crippen molar-refractivity contribution in [2.45, 2.75) is 38.6 Å². The Morgan fingerprint density at radius 1 is 1.06 bits per heavy atom. The lowest BCUT2D eigenvalue weighted by Gasteiger charge is -2.13. The van der Waals surface area contributed by atoms with Crippen LogP contribution in [0, 0.1) is 0 Å². The topological polar surface area (TPSA) is 71.3 Å². The predicted molar refractivity (Wildman–Crippen MR) is 135 cm³/mol. The van der Waals surface area contributed by atoms with Crippen LogP contribution in [0.4, 0.5) is 5.00 Å². The number of halogens is 1. The van der Waals surface area contributed by atoms with Crippen molar-refractivity contribution in [3.05, 3.63) is 86.4 Å². The molecule has 0 aliphatic heterocycles. The summed E-state index contributed by atoms with van der Waals surface area (Å²) >= 11 is 5.01. The highest BCUT2D eigenvalue weighted by atomic mass is 79.9. The van der Waals surface area contributed by atoms with Crippen LogP contribution in [0.15, 0.2) is 63.7 Å². The fourth-order valence-electron chi connectivity index (χ4n) is 4.30. The molecule has 0 radical (unpaired) electrons. The van der Waals surface area contributed by atoms with Crippen LogP contribution in [-0.4, -0.2) is 11.8 Å². The minimum Gasteiger partial charge on any atom is -0.464 e. The quantitative estimate of drug-likeness (QED) is 0.314. The number of aryl methyl sites for hydroxylation is 1. The van der Waals surface area contributed by atoms with Gasteiger partial charge in [-0.2, -0.15) is 0 Å². The van der Waals surface area contributed by atoms with E-state index in [1.165, 1.54) is 16.2 Å². The minimum absolute atomic E-state index is 0.133. The van der Waals surface area contributed by atoms with Crippen molar-refractivity contribution in [1.82, 2.24) is 5.32 Å². The third-order valence-electron chi connectivity index (χ3n) is 5.91. The van der Waals surface area contributed by atoms with Crippen molar-refractivity contribution >= 4 is 55.1 Å². The molecule has 2 aromatic carbocycles. The summed E-state index contributed by atoms with van der Waals surface area (Å²) in [5.41, 5.74) is 4.32. The first kappa shape index (κ1) is 21.9. The average molecular weight is 523 g/mol. The maximum absolute atomic E-state index is 13.2. The summed E-state index contributed by atoms with van der Waals surface area (Å²) in [5.74, 6) is -0.292. The first-order valence-electron chi connectivity index (χ1n) is 11.0. The van der Waals surface area contributed by atoms with E-state index in [-0.39, 0.29) is 18.2 Å². The Balaban J connectivity index is 1.37. The third-order valence-corrected chi connectivity index (χ3v) is 7.61. The maximum atomic E-state index is 13.2. The number of nitrogens with one attached hydrogen (secondary N) is 2. The lowest BCUT2D eigenvalue weighted by Crippen LogP contribution is -2.25. The Kier molecular flexibility index (Phi) is 6.33. The maximum Gasteiger partial charge on any atom is 0.254 e. The molecule has 33 heavy (non-hydrogen) atoms. The highest BCUT2D eigenvalue weighted by Crippen LogP contribution is 2.38. The van der Waals surface area contributed by atoms with E-state index in [4.69, 9.17) is 4.42 Å². The molecule has 0 spiro atoms. The van der Waals surface area contributed by atoms with Crippen molar-refractivity contribution in [2.75, 3.05) is 5.32 Å². The van der Waals surface area contributed by atoms with E-state index in [0.29, 0.717) is 17.1 Å². The molecule has 2 aromatic heterocycles. The van der Waals surface area contributed by atoms with Crippen LogP contribution >= 0.6 is 27.3 Å². The predicted octanol–water partition coefficient (Wildman–Crippen LogP) is 6.25. The molecular weight excluding hydrogens is 500 g/mol. The molecule has 0 fully saturated rings. The van der Waals surface area contributed by atoms with Gasteiger partial charge < -0.3 is 15.1 Å². The Hall–Kier alpha value is -2.90. The van der Waals surface area contributed by atoms with Gasteiger partial charge in [-0.1, -0.05) is 46.3 Å². The number of rotatable bonds is 6. The van der Waals surface area contributed by atoms with E-state index in [1.807, 2.05) is 48.5 Å². The molecule has 1 aliphatic carbocycles. The second kappa shape index (κ2) is 9.53. The number of hydrogen-bond donors (Lipinski definition) is 2. The number of hydrogen-bond acceptors (Lipinski definition) is 4. The number of thiophene rings is 1. The molecule has 168 valence electrons. The molecule has 2 amide bonds. The van der Waals surface area contributed by atoms with Gasteiger partial charge in [0.05, 0.1) is 18.2 Å². The zero-order valence-corrected chi connectivity index (χ0v) is 20.4. The molecule has 2 heterocycles. The molecule has 1 aliphatic rings. The van der Waals surface area contributed by atoms with Crippen LogP contribution in [-0.2, 0) is 30.6 Å². The first-order valence-corrected chi connectivity index (χ1v) is 12.6. The number of carbonyl (C=O) groups excluding carboxylic acids is 2. The van der Waals surface area contributed by atoms with Crippen molar-refractivity contribution < 1.29 is 14.0 Å². The monoisotopic (exact) mass is 522 g/mol. The Bertz CT molecular complexity index is 1330. The lowest BCUT2D eigenvalue weighted by atomic mass is 9.95. The minimum atomic E-state index is -0.159. The smallest absolute Gasteiger partial charge is 0.254 e. The van der Waals surface area contributed by atoms with Gasteiger partial charge in [0.2, 0.25) is 5.91 Å². The van der Waals surface area contributed by atoms with Crippen molar-refractivity contribution in [3.8, 4) is 0 Å². The van der Waals surface area contributed by atoms with E-state index >= 15 is 0 Å². The van der Waals surface area contributed by atoms with E-state index in [9.17, 15) is 9.59 Å². The number of anilines is 1. The van der Waals surface area contributed by atoms with Crippen LogP contribution in [0.1, 0.15) is 44.8 Å². The SMILES string of the molecule is O=C(Cc1coc2ccc(Br)cc12)Nc1sc2c(c1C(=O)NCc1ccccc1)CCCC2. The molecule has 2 N–H and O–H groups in total. The van der Waals surface area contributed by atoms with Crippen LogP contribution in [0.2, 0.25) is 0 Å². The number of fused-ring (bicyclic) bond motifs is 2. The Labute approximate surface area is 204 Å². The molecule has 0 saturated heterocycles. The molecule has 0 saturated carbocycles. The fraction of sp³-hybridized carbons (Fsp3) is 0.231. The number of amides is 2. The van der Waals surface area contributed by atoms with Crippen LogP contribution < -0.4 is 10.6 Å². The van der Waals surface area contributed by atoms with Gasteiger partial charge in [0.25, 0.3) is 5.91 Å². The van der Waals surface area contributed by atoms with Crippen LogP contribution in [0.5, 0.6) is 0 Å². The van der Waals surface area contributed by atoms with E-state index in [2.05, 4.69) is 26.6 Å². The van der Waals surface area contributed by atoms with Crippen LogP contribution in [0.25, 0.3) is 11.0 Å². The zero-order valence-electron chi connectivity index (χ0n) is 17.9. The highest BCUT2D eigenvalue weighted by molar-refractivity contribution is 9.10. The van der Waals surface area contributed by atoms with Gasteiger partial charge in [0.15, 0.2) is 0 Å². The van der Waals surface area contributed by atoms with Crippen molar-refractivity contribution in [1.29, 1.82) is 0 Å². The molecule has 0 bridgehead atoms. The molecule has 7 heteroatoms. The van der Waals surface area contributed by atoms with Gasteiger partial charge in [-0.3, -0.25) is 9.59 Å². The molecule has 4 aromatic rings. The summed E-state index contributed by atoms with van der Waals surface area (Å²) in [7, 11) is 0. The van der Waals surface area contributed by atoms with Crippen molar-refractivity contribution in [2.24, 2.45) is 0 Å². The third kappa shape index (κ3) is 4.75. The normalized spacial score (nSPS) is 13.0. The second-order valence-electron chi connectivity index (χ2n) is 8.21. The summed E-state index contributed by atoms with van der Waals surface area (Å²) in [5, 5.41) is 7.62. The van der Waals surface area contributed by atoms with Crippen LogP contribution in [0.3, 0.4) is 0 Å². The first-order chi connectivity index (χ1) is 16.1. The Morgan fingerprint density at radius 2 is 1.88 bits per heavy atom. The van der Waals surface area contributed by atoms with Gasteiger partial charge in [-0.05, 0) is 55.0 Å². The lowest BCUT2D eigenvalue weighted by molar-refractivity contribution is -0.115. The standard InChI is InChI=1S/C26H23BrN2O3S/c27-18-10-11-21-20(13-18)17(15-32-21)12-23(30)29-26-24(19-8-4-5-9-22(19)33-26)25(31)28-14-16-6-2-1-3-7-16/h1-3,6-7,10-11,13,15H,4-5,8-9,12,14H2,(H,28,31)(H,29,30). The van der Waals surface area contributed by atoms with Gasteiger partial charge in [-0.15, -0.1) is 11.3 Å². The largest absolute Gasteiger partial charge is 0.464 e. The molecule has 0 unspecified atom stereocenters. The molecule has 0 atom stereocenters. The van der Waals surface area contributed by atoms with Crippen molar-refractivity contribution in [3.63, 3.8) is 0 Å². The van der Waals surface area contributed by atoms with E-state index < -0.39 is 0 Å². The summed E-state index contributed by atoms with van der Waals surface area (Å²) in [6.07, 6.45) is 5.81. The average Bonchev–Trinajstić information content (AvgIpc) is 3.38. The number of benzene rings is 2. The van der Waals surface area contributed by atoms with E-state index in [0.717, 1.165) is 57.8 Å². The zero-order chi connectivity index (χ0) is 22.8. The van der Waals surface area contributed by atoms with Gasteiger partial charge in [0.1, 0.15) is 10.6 Å². The fourth-order valence-corrected chi connectivity index (χ4v) is 5.96. The summed E-state index contributed by atoms with van der Waals surface area (Å²) < 4.78 is 6.53. The summed E-state index contributed by atoms with van der Waals surface area (Å²) in [6, 6.07) is 15.6. The van der Waals surface area contributed by atoms with Gasteiger partial charge >= 0.3 is 0 Å². The van der Waals surface area contributed by atoms with E-state index in [1.54, 1.807) is 6.26 Å². The number of carbonyl (C=O) groups is 2. The molecule has 5 nitrogen and oxygen atoms in total.